The summed E-state index contributed by atoms with van der Waals surface area (Å²) in [5.74, 6) is -0.522. The van der Waals surface area contributed by atoms with Crippen LogP contribution in [-0.4, -0.2) is 31.2 Å². The summed E-state index contributed by atoms with van der Waals surface area (Å²) in [5, 5.41) is 3.33. The number of H-pyrrole nitrogens is 1. The van der Waals surface area contributed by atoms with Crippen molar-refractivity contribution in [2.45, 2.75) is 6.92 Å². The summed E-state index contributed by atoms with van der Waals surface area (Å²) >= 11 is 0. The zero-order valence-corrected chi connectivity index (χ0v) is 18.1. The van der Waals surface area contributed by atoms with E-state index in [2.05, 4.69) is 15.2 Å². The maximum Gasteiger partial charge on any atom is 0.195 e. The number of hydrogen-bond donors (Lipinski definition) is 2. The number of hydrogen-bond acceptors (Lipinski definition) is 4. The van der Waals surface area contributed by atoms with E-state index in [9.17, 15) is 13.6 Å². The third kappa shape index (κ3) is 4.07. The summed E-state index contributed by atoms with van der Waals surface area (Å²) in [5.41, 5.74) is 2.31. The average molecular weight is 447 g/mol. The van der Waals surface area contributed by atoms with Crippen LogP contribution in [0, 0.1) is 18.6 Å². The van der Waals surface area contributed by atoms with E-state index in [1.165, 1.54) is 24.3 Å². The molecule has 0 amide bonds. The predicted octanol–water partition coefficient (Wildman–Crippen LogP) is 4.98. The van der Waals surface area contributed by atoms with Gasteiger partial charge >= 0.3 is 0 Å². The summed E-state index contributed by atoms with van der Waals surface area (Å²) < 4.78 is 34.8. The van der Waals surface area contributed by atoms with Crippen LogP contribution in [0.5, 0.6) is 11.5 Å². The van der Waals surface area contributed by atoms with Crippen LogP contribution in [0.3, 0.4) is 0 Å². The van der Waals surface area contributed by atoms with Crippen molar-refractivity contribution < 1.29 is 13.5 Å². The van der Waals surface area contributed by atoms with Gasteiger partial charge in [0.1, 0.15) is 11.6 Å². The lowest BCUT2D eigenvalue weighted by atomic mass is 10.0. The smallest absolute Gasteiger partial charge is 0.195 e. The maximum atomic E-state index is 14.9. The van der Waals surface area contributed by atoms with Crippen LogP contribution in [0.1, 0.15) is 5.56 Å². The summed E-state index contributed by atoms with van der Waals surface area (Å²) in [6.45, 7) is 5.39. The molecule has 0 bridgehead atoms. The van der Waals surface area contributed by atoms with E-state index in [0.29, 0.717) is 28.1 Å². The molecule has 1 fully saturated rings. The standard InChI is InChI=1S/C26H23F2N3O2/c1-16-25(30-22-4-2-3-20(27)24(22)26(16)32)17-5-10-23(21(28)15-17)33-19-8-6-18(7-9-19)31-13-11-29-12-14-31/h2-10,15,29H,11-14H2,1H3,(H,30,32). The van der Waals surface area contributed by atoms with Crippen LogP contribution >= 0.6 is 0 Å². The van der Waals surface area contributed by atoms with Crippen LogP contribution < -0.4 is 20.4 Å². The molecule has 33 heavy (non-hydrogen) atoms. The number of aromatic nitrogens is 1. The quantitative estimate of drug-likeness (QED) is 0.463. The molecule has 4 aromatic rings. The Balaban J connectivity index is 1.41. The van der Waals surface area contributed by atoms with Gasteiger partial charge in [-0.05, 0) is 61.5 Å². The number of anilines is 1. The molecule has 0 unspecified atom stereocenters. The molecule has 0 radical (unpaired) electrons. The zero-order chi connectivity index (χ0) is 22.9. The van der Waals surface area contributed by atoms with E-state index in [1.54, 1.807) is 19.1 Å². The number of nitrogens with one attached hydrogen (secondary N) is 2. The van der Waals surface area contributed by atoms with E-state index in [1.807, 2.05) is 24.3 Å². The van der Waals surface area contributed by atoms with Crippen molar-refractivity contribution in [1.82, 2.24) is 10.3 Å². The number of piperazine rings is 1. The molecule has 0 saturated carbocycles. The van der Waals surface area contributed by atoms with Crippen molar-refractivity contribution in [3.8, 4) is 22.8 Å². The van der Waals surface area contributed by atoms with Gasteiger partial charge in [0.25, 0.3) is 0 Å². The molecule has 1 aliphatic rings. The van der Waals surface area contributed by atoms with Crippen molar-refractivity contribution >= 4 is 16.6 Å². The van der Waals surface area contributed by atoms with E-state index >= 15 is 0 Å². The van der Waals surface area contributed by atoms with Gasteiger partial charge in [-0.2, -0.15) is 0 Å². The third-order valence-corrected chi connectivity index (χ3v) is 5.98. The fraction of sp³-hybridized carbons (Fsp3) is 0.192. The zero-order valence-electron chi connectivity index (χ0n) is 18.1. The van der Waals surface area contributed by atoms with Gasteiger partial charge in [0.05, 0.1) is 16.6 Å². The van der Waals surface area contributed by atoms with Gasteiger partial charge in [-0.25, -0.2) is 8.78 Å². The summed E-state index contributed by atoms with van der Waals surface area (Å²) in [4.78, 5) is 18.0. The molecule has 5 nitrogen and oxygen atoms in total. The van der Waals surface area contributed by atoms with Gasteiger partial charge in [-0.15, -0.1) is 0 Å². The molecule has 0 aliphatic carbocycles. The Bertz CT molecular complexity index is 1380. The Morgan fingerprint density at radius 2 is 1.70 bits per heavy atom. The van der Waals surface area contributed by atoms with Gasteiger partial charge in [0, 0.05) is 43.0 Å². The van der Waals surface area contributed by atoms with Gasteiger partial charge in [0.15, 0.2) is 17.0 Å². The first-order chi connectivity index (χ1) is 16.0. The molecule has 2 heterocycles. The number of rotatable bonds is 4. The lowest BCUT2D eigenvalue weighted by Crippen LogP contribution is -2.43. The molecule has 0 atom stereocenters. The predicted molar refractivity (Wildman–Crippen MR) is 126 cm³/mol. The lowest BCUT2D eigenvalue weighted by molar-refractivity contribution is 0.442. The number of benzene rings is 3. The van der Waals surface area contributed by atoms with Gasteiger partial charge in [0.2, 0.25) is 0 Å². The first kappa shape index (κ1) is 21.2. The van der Waals surface area contributed by atoms with Crippen LogP contribution in [0.2, 0.25) is 0 Å². The summed E-state index contributed by atoms with van der Waals surface area (Å²) in [7, 11) is 0. The number of halogens is 2. The van der Waals surface area contributed by atoms with E-state index < -0.39 is 17.1 Å². The highest BCUT2D eigenvalue weighted by Gasteiger charge is 2.15. The molecule has 5 rings (SSSR count). The summed E-state index contributed by atoms with van der Waals surface area (Å²) in [6.07, 6.45) is 0. The first-order valence-corrected chi connectivity index (χ1v) is 10.9. The fourth-order valence-electron chi connectivity index (χ4n) is 4.19. The second-order valence-electron chi connectivity index (χ2n) is 8.09. The highest BCUT2D eigenvalue weighted by Crippen LogP contribution is 2.31. The minimum Gasteiger partial charge on any atom is -0.454 e. The molecule has 168 valence electrons. The van der Waals surface area contributed by atoms with Crippen LogP contribution in [-0.2, 0) is 0 Å². The Labute approximate surface area is 189 Å². The second-order valence-corrected chi connectivity index (χ2v) is 8.09. The van der Waals surface area contributed by atoms with Crippen LogP contribution in [0.4, 0.5) is 14.5 Å². The van der Waals surface area contributed by atoms with E-state index in [4.69, 9.17) is 4.74 Å². The third-order valence-electron chi connectivity index (χ3n) is 5.98. The molecular formula is C26H23F2N3O2. The minimum atomic E-state index is -0.582. The molecule has 0 spiro atoms. The van der Waals surface area contributed by atoms with Crippen molar-refractivity contribution in [3.05, 3.63) is 88.1 Å². The second kappa shape index (κ2) is 8.67. The van der Waals surface area contributed by atoms with Crippen molar-refractivity contribution in [2.24, 2.45) is 0 Å². The Hall–Kier alpha value is -3.71. The number of aromatic amines is 1. The van der Waals surface area contributed by atoms with Crippen molar-refractivity contribution in [1.29, 1.82) is 0 Å². The van der Waals surface area contributed by atoms with E-state index in [-0.39, 0.29) is 11.1 Å². The molecule has 2 N–H and O–H groups in total. The van der Waals surface area contributed by atoms with Gasteiger partial charge in [-0.3, -0.25) is 4.79 Å². The average Bonchev–Trinajstić information content (AvgIpc) is 2.83. The summed E-state index contributed by atoms with van der Waals surface area (Å²) in [6, 6.07) is 16.5. The Morgan fingerprint density at radius 3 is 2.42 bits per heavy atom. The number of nitrogens with zero attached hydrogens (tertiary/aromatic N) is 1. The molecule has 1 saturated heterocycles. The fourth-order valence-corrected chi connectivity index (χ4v) is 4.19. The number of fused-ring (bicyclic) bond motifs is 1. The number of pyridine rings is 1. The van der Waals surface area contributed by atoms with Crippen LogP contribution in [0.15, 0.2) is 65.5 Å². The SMILES string of the molecule is Cc1c(-c2ccc(Oc3ccc(N4CCNCC4)cc3)c(F)c2)[nH]c2cccc(F)c2c1=O. The monoisotopic (exact) mass is 447 g/mol. The lowest BCUT2D eigenvalue weighted by Gasteiger charge is -2.29. The van der Waals surface area contributed by atoms with Crippen molar-refractivity contribution in [2.75, 3.05) is 31.1 Å². The Kier molecular flexibility index (Phi) is 5.56. The maximum absolute atomic E-state index is 14.9. The molecule has 1 aromatic heterocycles. The largest absolute Gasteiger partial charge is 0.454 e. The van der Waals surface area contributed by atoms with E-state index in [0.717, 1.165) is 31.9 Å². The normalized spacial score (nSPS) is 14.0. The first-order valence-electron chi connectivity index (χ1n) is 10.9. The topological polar surface area (TPSA) is 57.4 Å². The highest BCUT2D eigenvalue weighted by atomic mass is 19.1. The molecular weight excluding hydrogens is 424 g/mol. The Morgan fingerprint density at radius 1 is 0.939 bits per heavy atom. The van der Waals surface area contributed by atoms with Crippen molar-refractivity contribution in [3.63, 3.8) is 0 Å². The van der Waals surface area contributed by atoms with Gasteiger partial charge < -0.3 is 19.9 Å². The van der Waals surface area contributed by atoms with Crippen LogP contribution in [0.25, 0.3) is 22.2 Å². The molecule has 7 heteroatoms. The number of ether oxygens (including phenoxy) is 1. The highest BCUT2D eigenvalue weighted by molar-refractivity contribution is 5.83. The molecule has 1 aliphatic heterocycles. The van der Waals surface area contributed by atoms with Gasteiger partial charge in [-0.1, -0.05) is 6.07 Å². The minimum absolute atomic E-state index is 0.00318. The molecule has 3 aromatic carbocycles.